The van der Waals surface area contributed by atoms with Gasteiger partial charge in [-0.25, -0.2) is 0 Å². The Morgan fingerprint density at radius 2 is 1.77 bits per heavy atom. The summed E-state index contributed by atoms with van der Waals surface area (Å²) >= 11 is 17.3. The molecule has 0 spiro atoms. The van der Waals surface area contributed by atoms with Crippen LogP contribution < -0.4 is 0 Å². The summed E-state index contributed by atoms with van der Waals surface area (Å²) in [7, 11) is 0. The molecule has 0 radical (unpaired) electrons. The Hall–Kier alpha value is -0.480. The number of Topliss-reactive ketones (excluding diaryl/α,β-unsaturated/α-hetero) is 1. The Balaban J connectivity index is 2.40. The fourth-order valence-corrected chi connectivity index (χ4v) is 4.11. The van der Waals surface area contributed by atoms with Crippen molar-refractivity contribution in [3.8, 4) is 0 Å². The molecular formula is C17H15BrCl2OS. The van der Waals surface area contributed by atoms with Gasteiger partial charge in [0.1, 0.15) is 0 Å². The molecule has 0 saturated heterocycles. The highest BCUT2D eigenvalue weighted by Gasteiger charge is 2.16. The number of hydrogen-bond acceptors (Lipinski definition) is 2. The van der Waals surface area contributed by atoms with Crippen molar-refractivity contribution in [1.29, 1.82) is 0 Å². The predicted octanol–water partition coefficient (Wildman–Crippen LogP) is 6.85. The molecule has 0 amide bonds. The van der Waals surface area contributed by atoms with Gasteiger partial charge in [-0.15, -0.1) is 0 Å². The van der Waals surface area contributed by atoms with Crippen LogP contribution >= 0.6 is 50.9 Å². The van der Waals surface area contributed by atoms with E-state index in [-0.39, 0.29) is 11.1 Å². The van der Waals surface area contributed by atoms with E-state index in [1.54, 1.807) is 17.8 Å². The first-order valence-electron chi connectivity index (χ1n) is 6.79. The summed E-state index contributed by atoms with van der Waals surface area (Å²) in [4.78, 5) is 13.8. The molecule has 2 aromatic carbocycles. The van der Waals surface area contributed by atoms with Crippen molar-refractivity contribution in [3.05, 3.63) is 57.6 Å². The van der Waals surface area contributed by atoms with Gasteiger partial charge in [-0.3, -0.25) is 4.79 Å². The molecule has 0 heterocycles. The van der Waals surface area contributed by atoms with Gasteiger partial charge >= 0.3 is 0 Å². The van der Waals surface area contributed by atoms with Crippen molar-refractivity contribution >= 4 is 56.7 Å². The fraction of sp³-hybridized carbons (Fsp3) is 0.235. The van der Waals surface area contributed by atoms with E-state index in [4.69, 9.17) is 23.2 Å². The zero-order valence-corrected chi connectivity index (χ0v) is 16.1. The van der Waals surface area contributed by atoms with Crippen LogP contribution in [0.4, 0.5) is 0 Å². The molecule has 0 aliphatic carbocycles. The highest BCUT2D eigenvalue weighted by molar-refractivity contribution is 9.09. The molecular weight excluding hydrogens is 403 g/mol. The Bertz CT molecular complexity index is 701. The molecule has 1 nitrogen and oxygen atoms in total. The van der Waals surface area contributed by atoms with Crippen molar-refractivity contribution < 1.29 is 4.79 Å². The number of hydrogen-bond donors (Lipinski definition) is 0. The maximum absolute atomic E-state index is 11.8. The number of benzene rings is 2. The van der Waals surface area contributed by atoms with Crippen LogP contribution in [0.25, 0.3) is 0 Å². The largest absolute Gasteiger partial charge is 0.293 e. The molecule has 0 aliphatic rings. The van der Waals surface area contributed by atoms with E-state index in [0.29, 0.717) is 21.5 Å². The second-order valence-electron chi connectivity index (χ2n) is 5.09. The summed E-state index contributed by atoms with van der Waals surface area (Å²) < 4.78 is 0. The third-order valence-corrected chi connectivity index (χ3v) is 5.88. The molecule has 0 unspecified atom stereocenters. The van der Waals surface area contributed by atoms with Crippen LogP contribution in [-0.4, -0.2) is 11.1 Å². The summed E-state index contributed by atoms with van der Waals surface area (Å²) in [6.07, 6.45) is 0. The zero-order chi connectivity index (χ0) is 16.3. The lowest BCUT2D eigenvalue weighted by molar-refractivity contribution is 0.102. The van der Waals surface area contributed by atoms with Gasteiger partial charge < -0.3 is 0 Å². The molecule has 0 atom stereocenters. The lowest BCUT2D eigenvalue weighted by Crippen LogP contribution is -2.01. The number of rotatable bonds is 5. The molecule has 0 fully saturated rings. The average Bonchev–Trinajstić information content (AvgIpc) is 2.51. The average molecular weight is 418 g/mol. The minimum absolute atomic E-state index is 0.0777. The Morgan fingerprint density at radius 3 is 2.41 bits per heavy atom. The van der Waals surface area contributed by atoms with Crippen LogP contribution in [0.15, 0.2) is 46.2 Å². The van der Waals surface area contributed by atoms with E-state index in [0.717, 1.165) is 9.79 Å². The highest BCUT2D eigenvalue weighted by Crippen LogP contribution is 2.41. The van der Waals surface area contributed by atoms with Crippen LogP contribution in [0.3, 0.4) is 0 Å². The molecule has 22 heavy (non-hydrogen) atoms. The van der Waals surface area contributed by atoms with E-state index < -0.39 is 0 Å². The topological polar surface area (TPSA) is 17.1 Å². The van der Waals surface area contributed by atoms with E-state index in [1.807, 2.05) is 18.2 Å². The molecule has 0 saturated carbocycles. The molecule has 0 aromatic heterocycles. The van der Waals surface area contributed by atoms with Gasteiger partial charge in [0, 0.05) is 15.4 Å². The molecule has 116 valence electrons. The SMILES string of the molecule is CC(C)c1ccccc1Sc1ccc(C(=O)CBr)c(Cl)c1Cl. The Labute approximate surface area is 153 Å². The molecule has 0 N–H and O–H groups in total. The van der Waals surface area contributed by atoms with Gasteiger partial charge in [0.2, 0.25) is 0 Å². The third kappa shape index (κ3) is 3.88. The van der Waals surface area contributed by atoms with E-state index in [9.17, 15) is 4.79 Å². The van der Waals surface area contributed by atoms with Crippen molar-refractivity contribution in [2.24, 2.45) is 0 Å². The quantitative estimate of drug-likeness (QED) is 0.391. The number of alkyl halides is 1. The third-order valence-electron chi connectivity index (χ3n) is 3.23. The number of carbonyl (C=O) groups excluding carboxylic acids is 1. The molecule has 5 heteroatoms. The lowest BCUT2D eigenvalue weighted by Gasteiger charge is -2.14. The monoisotopic (exact) mass is 416 g/mol. The van der Waals surface area contributed by atoms with Gasteiger partial charge in [0.05, 0.1) is 15.4 Å². The zero-order valence-electron chi connectivity index (χ0n) is 12.2. The van der Waals surface area contributed by atoms with Crippen molar-refractivity contribution in [2.75, 3.05) is 5.33 Å². The van der Waals surface area contributed by atoms with Crippen LogP contribution in [0.5, 0.6) is 0 Å². The van der Waals surface area contributed by atoms with Gasteiger partial charge in [0.25, 0.3) is 0 Å². The summed E-state index contributed by atoms with van der Waals surface area (Å²) in [5.41, 5.74) is 1.71. The Kier molecular flexibility index (Phi) is 6.39. The highest BCUT2D eigenvalue weighted by atomic mass is 79.9. The smallest absolute Gasteiger partial charge is 0.174 e. The maximum atomic E-state index is 11.8. The second kappa shape index (κ2) is 7.87. The van der Waals surface area contributed by atoms with Gasteiger partial charge in [-0.2, -0.15) is 0 Å². The van der Waals surface area contributed by atoms with E-state index >= 15 is 0 Å². The molecule has 0 aliphatic heterocycles. The first kappa shape index (κ1) is 17.9. The van der Waals surface area contributed by atoms with E-state index in [2.05, 4.69) is 41.9 Å². The van der Waals surface area contributed by atoms with Crippen LogP contribution in [0.1, 0.15) is 35.7 Å². The molecule has 2 aromatic rings. The van der Waals surface area contributed by atoms with E-state index in [1.165, 1.54) is 5.56 Å². The van der Waals surface area contributed by atoms with Crippen molar-refractivity contribution in [1.82, 2.24) is 0 Å². The summed E-state index contributed by atoms with van der Waals surface area (Å²) in [6.45, 7) is 4.32. The maximum Gasteiger partial charge on any atom is 0.174 e. The lowest BCUT2D eigenvalue weighted by atomic mass is 10.0. The van der Waals surface area contributed by atoms with Crippen molar-refractivity contribution in [2.45, 2.75) is 29.6 Å². The van der Waals surface area contributed by atoms with Crippen LogP contribution in [0, 0.1) is 0 Å². The fourth-order valence-electron chi connectivity index (χ4n) is 2.07. The van der Waals surface area contributed by atoms with Crippen LogP contribution in [0.2, 0.25) is 10.0 Å². The number of carbonyl (C=O) groups is 1. The minimum Gasteiger partial charge on any atom is -0.293 e. The van der Waals surface area contributed by atoms with Gasteiger partial charge in [-0.1, -0.05) is 82.9 Å². The molecule has 2 rings (SSSR count). The first-order valence-corrected chi connectivity index (χ1v) is 9.49. The number of halogens is 3. The standard InChI is InChI=1S/C17H15BrCl2OS/c1-10(2)11-5-3-4-6-14(11)22-15-8-7-12(13(21)9-18)16(19)17(15)20/h3-8,10H,9H2,1-2H3. The number of ketones is 1. The molecule has 0 bridgehead atoms. The van der Waals surface area contributed by atoms with Gasteiger partial charge in [-0.05, 0) is 29.7 Å². The normalized spacial score (nSPS) is 11.0. The summed E-state index contributed by atoms with van der Waals surface area (Å²) in [5, 5.41) is 0.973. The van der Waals surface area contributed by atoms with Gasteiger partial charge in [0.15, 0.2) is 5.78 Å². The summed E-state index contributed by atoms with van der Waals surface area (Å²) in [6, 6.07) is 11.8. The van der Waals surface area contributed by atoms with Crippen molar-refractivity contribution in [3.63, 3.8) is 0 Å². The Morgan fingerprint density at radius 1 is 1.09 bits per heavy atom. The minimum atomic E-state index is -0.0777. The van der Waals surface area contributed by atoms with Crippen LogP contribution in [-0.2, 0) is 0 Å². The summed E-state index contributed by atoms with van der Waals surface area (Å²) in [5.74, 6) is 0.346. The predicted molar refractivity (Wildman–Crippen MR) is 99.2 cm³/mol. The second-order valence-corrected chi connectivity index (χ2v) is 7.49. The first-order chi connectivity index (χ1) is 10.5.